The number of benzene rings is 1. The van der Waals surface area contributed by atoms with E-state index in [0.29, 0.717) is 12.4 Å². The number of hydrogen-bond donors (Lipinski definition) is 1. The molecule has 1 aromatic carbocycles. The Morgan fingerprint density at radius 1 is 1.21 bits per heavy atom. The third-order valence-corrected chi connectivity index (χ3v) is 3.77. The van der Waals surface area contributed by atoms with Crippen LogP contribution < -0.4 is 5.32 Å². The van der Waals surface area contributed by atoms with Crippen LogP contribution in [0.3, 0.4) is 0 Å². The quantitative estimate of drug-likeness (QED) is 0.825. The minimum absolute atomic E-state index is 0.0522. The van der Waals surface area contributed by atoms with E-state index < -0.39 is 0 Å². The van der Waals surface area contributed by atoms with Crippen LogP contribution in [0.1, 0.15) is 24.0 Å². The topological polar surface area (TPSA) is 44.7 Å². The number of rotatable bonds is 1. The Bertz CT molecular complexity index is 510. The van der Waals surface area contributed by atoms with Gasteiger partial charge in [-0.15, -0.1) is 0 Å². The smallest absolute Gasteiger partial charge is 0.289 e. The zero-order valence-corrected chi connectivity index (χ0v) is 11.1. The number of fused-ring (bicyclic) bond motifs is 1. The van der Waals surface area contributed by atoms with E-state index in [1.54, 1.807) is 0 Å². The van der Waals surface area contributed by atoms with Gasteiger partial charge in [-0.05, 0) is 30.4 Å². The van der Waals surface area contributed by atoms with E-state index >= 15 is 0 Å². The van der Waals surface area contributed by atoms with Crippen LogP contribution >= 0.6 is 0 Å². The molecule has 19 heavy (non-hydrogen) atoms. The van der Waals surface area contributed by atoms with Gasteiger partial charge in [-0.3, -0.25) is 9.79 Å². The first kappa shape index (κ1) is 12.2. The fourth-order valence-electron chi connectivity index (χ4n) is 2.65. The predicted molar refractivity (Wildman–Crippen MR) is 75.1 cm³/mol. The molecule has 0 saturated heterocycles. The molecule has 2 aliphatic rings. The van der Waals surface area contributed by atoms with E-state index in [1.165, 1.54) is 11.1 Å². The van der Waals surface area contributed by atoms with Crippen LogP contribution in [-0.2, 0) is 17.8 Å². The van der Waals surface area contributed by atoms with Gasteiger partial charge in [0.25, 0.3) is 5.91 Å². The molecule has 2 heterocycles. The van der Waals surface area contributed by atoms with Crippen LogP contribution in [0.25, 0.3) is 0 Å². The molecule has 0 aliphatic carbocycles. The van der Waals surface area contributed by atoms with Crippen molar-refractivity contribution in [1.82, 2.24) is 10.2 Å². The van der Waals surface area contributed by atoms with Crippen molar-refractivity contribution >= 4 is 11.7 Å². The van der Waals surface area contributed by atoms with Crippen LogP contribution in [0.2, 0.25) is 0 Å². The van der Waals surface area contributed by atoms with Gasteiger partial charge in [-0.2, -0.15) is 0 Å². The summed E-state index contributed by atoms with van der Waals surface area (Å²) in [6.07, 6.45) is 3.09. The first-order valence-electron chi connectivity index (χ1n) is 6.99. The number of aliphatic imine (C=N–C) groups is 1. The van der Waals surface area contributed by atoms with E-state index in [-0.39, 0.29) is 5.91 Å². The number of amides is 1. The Balaban J connectivity index is 1.74. The molecule has 4 heteroatoms. The third kappa shape index (κ3) is 2.62. The van der Waals surface area contributed by atoms with Crippen molar-refractivity contribution < 1.29 is 4.79 Å². The second kappa shape index (κ2) is 5.43. The average Bonchev–Trinajstić information content (AvgIpc) is 2.75. The van der Waals surface area contributed by atoms with Gasteiger partial charge in [0, 0.05) is 26.2 Å². The summed E-state index contributed by atoms with van der Waals surface area (Å²) in [5.41, 5.74) is 2.62. The van der Waals surface area contributed by atoms with Gasteiger partial charge in [0.2, 0.25) is 0 Å². The zero-order chi connectivity index (χ0) is 13.1. The van der Waals surface area contributed by atoms with Gasteiger partial charge in [0.05, 0.1) is 0 Å². The summed E-state index contributed by atoms with van der Waals surface area (Å²) >= 11 is 0. The van der Waals surface area contributed by atoms with Crippen LogP contribution in [-0.4, -0.2) is 36.3 Å². The maximum atomic E-state index is 12.4. The predicted octanol–water partition coefficient (Wildman–Crippen LogP) is 1.35. The van der Waals surface area contributed by atoms with Crippen molar-refractivity contribution in [1.29, 1.82) is 0 Å². The minimum atomic E-state index is 0.0522. The molecule has 1 amide bonds. The number of nitrogens with one attached hydrogen (secondary N) is 1. The van der Waals surface area contributed by atoms with E-state index in [2.05, 4.69) is 28.5 Å². The Labute approximate surface area is 113 Å². The van der Waals surface area contributed by atoms with Crippen molar-refractivity contribution in [3.8, 4) is 0 Å². The summed E-state index contributed by atoms with van der Waals surface area (Å²) in [4.78, 5) is 18.7. The third-order valence-electron chi connectivity index (χ3n) is 3.77. The SMILES string of the molecule is O=C(C1=NCCCCN1)N1CCc2ccccc2C1. The standard InChI is InChI=1S/C15H19N3O/c19-15(14-16-8-3-4-9-17-14)18-10-7-12-5-1-2-6-13(12)11-18/h1-2,5-6H,3-4,7-11H2,(H,16,17). The molecule has 1 N–H and O–H groups in total. The minimum Gasteiger partial charge on any atom is -0.366 e. The molecule has 0 saturated carbocycles. The van der Waals surface area contributed by atoms with Crippen LogP contribution in [0.15, 0.2) is 29.3 Å². The van der Waals surface area contributed by atoms with Gasteiger partial charge >= 0.3 is 0 Å². The Kier molecular flexibility index (Phi) is 3.49. The lowest BCUT2D eigenvalue weighted by Gasteiger charge is -2.29. The van der Waals surface area contributed by atoms with Crippen molar-refractivity contribution in [3.05, 3.63) is 35.4 Å². The first-order chi connectivity index (χ1) is 9.34. The molecule has 2 aliphatic heterocycles. The Morgan fingerprint density at radius 3 is 2.95 bits per heavy atom. The maximum Gasteiger partial charge on any atom is 0.289 e. The Morgan fingerprint density at radius 2 is 2.05 bits per heavy atom. The van der Waals surface area contributed by atoms with Gasteiger partial charge in [-0.25, -0.2) is 0 Å². The normalized spacial score (nSPS) is 18.9. The molecule has 3 rings (SSSR count). The lowest BCUT2D eigenvalue weighted by Crippen LogP contribution is -2.45. The highest BCUT2D eigenvalue weighted by Crippen LogP contribution is 2.18. The summed E-state index contributed by atoms with van der Waals surface area (Å²) in [5.74, 6) is 0.605. The van der Waals surface area contributed by atoms with E-state index in [1.807, 2.05) is 11.0 Å². The summed E-state index contributed by atoms with van der Waals surface area (Å²) in [7, 11) is 0. The average molecular weight is 257 g/mol. The second-order valence-electron chi connectivity index (χ2n) is 5.11. The number of carbonyl (C=O) groups excluding carboxylic acids is 1. The van der Waals surface area contributed by atoms with E-state index in [9.17, 15) is 4.79 Å². The molecule has 0 spiro atoms. The molecular weight excluding hydrogens is 238 g/mol. The molecule has 0 unspecified atom stereocenters. The van der Waals surface area contributed by atoms with Gasteiger partial charge < -0.3 is 10.2 Å². The number of hydrogen-bond acceptors (Lipinski definition) is 3. The summed E-state index contributed by atoms with van der Waals surface area (Å²) in [6, 6.07) is 8.36. The van der Waals surface area contributed by atoms with Crippen molar-refractivity contribution in [2.45, 2.75) is 25.8 Å². The van der Waals surface area contributed by atoms with Gasteiger partial charge in [-0.1, -0.05) is 24.3 Å². The number of carbonyl (C=O) groups is 1. The Hall–Kier alpha value is -1.84. The fourth-order valence-corrected chi connectivity index (χ4v) is 2.65. The molecule has 0 aromatic heterocycles. The van der Waals surface area contributed by atoms with Crippen LogP contribution in [0, 0.1) is 0 Å². The highest BCUT2D eigenvalue weighted by Gasteiger charge is 2.24. The summed E-state index contributed by atoms with van der Waals surface area (Å²) in [6.45, 7) is 3.11. The second-order valence-corrected chi connectivity index (χ2v) is 5.11. The number of nitrogens with zero attached hydrogens (tertiary/aromatic N) is 2. The molecule has 1 aromatic rings. The molecule has 100 valence electrons. The molecule has 0 atom stereocenters. The lowest BCUT2D eigenvalue weighted by atomic mass is 10.00. The van der Waals surface area contributed by atoms with Gasteiger partial charge in [0.1, 0.15) is 0 Å². The van der Waals surface area contributed by atoms with Gasteiger partial charge in [0.15, 0.2) is 5.84 Å². The van der Waals surface area contributed by atoms with Crippen molar-refractivity contribution in [2.75, 3.05) is 19.6 Å². The van der Waals surface area contributed by atoms with Crippen LogP contribution in [0.5, 0.6) is 0 Å². The fraction of sp³-hybridized carbons (Fsp3) is 0.467. The summed E-state index contributed by atoms with van der Waals surface area (Å²) < 4.78 is 0. The molecule has 0 radical (unpaired) electrons. The van der Waals surface area contributed by atoms with Crippen molar-refractivity contribution in [2.24, 2.45) is 4.99 Å². The number of amidine groups is 1. The molecule has 0 fully saturated rings. The highest BCUT2D eigenvalue weighted by atomic mass is 16.2. The lowest BCUT2D eigenvalue weighted by molar-refractivity contribution is -0.125. The summed E-state index contributed by atoms with van der Waals surface area (Å²) in [5, 5.41) is 3.16. The zero-order valence-electron chi connectivity index (χ0n) is 11.1. The monoisotopic (exact) mass is 257 g/mol. The first-order valence-corrected chi connectivity index (χ1v) is 6.99. The maximum absolute atomic E-state index is 12.4. The van der Waals surface area contributed by atoms with E-state index in [0.717, 1.165) is 38.9 Å². The van der Waals surface area contributed by atoms with Crippen molar-refractivity contribution in [3.63, 3.8) is 0 Å². The largest absolute Gasteiger partial charge is 0.366 e. The highest BCUT2D eigenvalue weighted by molar-refractivity contribution is 6.37. The molecule has 4 nitrogen and oxygen atoms in total. The molecular formula is C15H19N3O. The molecule has 0 bridgehead atoms. The van der Waals surface area contributed by atoms with Crippen LogP contribution in [0.4, 0.5) is 0 Å². The van der Waals surface area contributed by atoms with E-state index in [4.69, 9.17) is 0 Å².